The molecule has 10 heteroatoms. The van der Waals surface area contributed by atoms with E-state index in [-0.39, 0.29) is 30.5 Å². The van der Waals surface area contributed by atoms with Crippen LogP contribution in [0.25, 0.3) is 0 Å². The Balaban J connectivity index is 1.67. The number of rotatable bonds is 3. The van der Waals surface area contributed by atoms with E-state index >= 15 is 0 Å². The van der Waals surface area contributed by atoms with Crippen molar-refractivity contribution in [1.29, 1.82) is 0 Å². The fourth-order valence-corrected chi connectivity index (χ4v) is 4.93. The van der Waals surface area contributed by atoms with Gasteiger partial charge in [-0.25, -0.2) is 8.42 Å². The summed E-state index contributed by atoms with van der Waals surface area (Å²) in [6, 6.07) is 3.18. The van der Waals surface area contributed by atoms with Gasteiger partial charge in [0.05, 0.1) is 13.2 Å². The summed E-state index contributed by atoms with van der Waals surface area (Å²) in [4.78, 5) is 0.0925. The number of hydrogen-bond donors (Lipinski definition) is 0. The second kappa shape index (κ2) is 6.24. The second-order valence-electron chi connectivity index (χ2n) is 5.87. The molecule has 0 radical (unpaired) electrons. The highest BCUT2D eigenvalue weighted by molar-refractivity contribution is 7.89. The minimum Gasteiger partial charge on any atom is -0.492 e. The van der Waals surface area contributed by atoms with Crippen LogP contribution < -0.4 is 4.74 Å². The normalized spacial score (nSPS) is 21.1. The van der Waals surface area contributed by atoms with Crippen LogP contribution in [-0.4, -0.2) is 49.2 Å². The van der Waals surface area contributed by atoms with Gasteiger partial charge in [0.25, 0.3) is 0 Å². The Morgan fingerprint density at radius 1 is 1.28 bits per heavy atom. The first-order valence-electron chi connectivity index (χ1n) is 7.82. The molecule has 8 nitrogen and oxygen atoms in total. The fraction of sp³-hybridized carbons (Fsp3) is 0.467. The molecule has 0 saturated carbocycles. The van der Waals surface area contributed by atoms with Crippen molar-refractivity contribution >= 4 is 21.6 Å². The van der Waals surface area contributed by atoms with E-state index in [1.54, 1.807) is 13.0 Å². The lowest BCUT2D eigenvalue weighted by Gasteiger charge is -2.30. The fourth-order valence-electron chi connectivity index (χ4n) is 3.00. The van der Waals surface area contributed by atoms with Gasteiger partial charge < -0.3 is 13.9 Å². The standard InChI is InChI=1S/C15H16ClN3O5S/c1-9-17-18-15(24-9)12-8-19(3-5-22-12)25(20,21)13-7-11(16)6-10-2-4-23-14(10)13/h6-7,12H,2-5,8H2,1H3. The molecule has 1 fully saturated rings. The van der Waals surface area contributed by atoms with Crippen molar-refractivity contribution < 1.29 is 22.3 Å². The summed E-state index contributed by atoms with van der Waals surface area (Å²) in [5.74, 6) is 1.06. The highest BCUT2D eigenvalue weighted by Gasteiger charge is 2.36. The average Bonchev–Trinajstić information content (AvgIpc) is 3.22. The number of aromatic nitrogens is 2. The van der Waals surface area contributed by atoms with Crippen LogP contribution >= 0.6 is 11.6 Å². The van der Waals surface area contributed by atoms with Crippen molar-refractivity contribution in [3.05, 3.63) is 34.5 Å². The Morgan fingerprint density at radius 3 is 2.88 bits per heavy atom. The number of nitrogens with zero attached hydrogens (tertiary/aromatic N) is 3. The maximum atomic E-state index is 13.1. The van der Waals surface area contributed by atoms with Crippen molar-refractivity contribution in [1.82, 2.24) is 14.5 Å². The van der Waals surface area contributed by atoms with Gasteiger partial charge in [0.1, 0.15) is 16.7 Å². The number of hydrogen-bond acceptors (Lipinski definition) is 7. The lowest BCUT2D eigenvalue weighted by molar-refractivity contribution is -0.0177. The van der Waals surface area contributed by atoms with Crippen molar-refractivity contribution in [2.24, 2.45) is 0 Å². The van der Waals surface area contributed by atoms with Gasteiger partial charge in [-0.05, 0) is 12.1 Å². The van der Waals surface area contributed by atoms with E-state index in [2.05, 4.69) is 10.2 Å². The van der Waals surface area contributed by atoms with Crippen molar-refractivity contribution in [2.75, 3.05) is 26.3 Å². The molecule has 1 atom stereocenters. The minimum absolute atomic E-state index is 0.0885. The van der Waals surface area contributed by atoms with Crippen LogP contribution in [-0.2, 0) is 21.2 Å². The average molecular weight is 386 g/mol. The van der Waals surface area contributed by atoms with E-state index in [1.165, 1.54) is 10.4 Å². The van der Waals surface area contributed by atoms with Crippen LogP contribution in [0.2, 0.25) is 5.02 Å². The molecule has 0 amide bonds. The van der Waals surface area contributed by atoms with Crippen molar-refractivity contribution in [3.63, 3.8) is 0 Å². The van der Waals surface area contributed by atoms with Crippen LogP contribution in [0.1, 0.15) is 23.4 Å². The molecule has 0 N–H and O–H groups in total. The summed E-state index contributed by atoms with van der Waals surface area (Å²) in [7, 11) is -3.79. The summed E-state index contributed by atoms with van der Waals surface area (Å²) in [5.41, 5.74) is 0.809. The summed E-state index contributed by atoms with van der Waals surface area (Å²) in [6.07, 6.45) is 0.0451. The molecule has 1 saturated heterocycles. The number of sulfonamides is 1. The van der Waals surface area contributed by atoms with E-state index in [0.717, 1.165) is 5.56 Å². The maximum Gasteiger partial charge on any atom is 0.247 e. The van der Waals surface area contributed by atoms with E-state index < -0.39 is 16.1 Å². The van der Waals surface area contributed by atoms with Crippen LogP contribution in [0.15, 0.2) is 21.4 Å². The molecule has 134 valence electrons. The zero-order valence-electron chi connectivity index (χ0n) is 13.4. The Bertz CT molecular complexity index is 914. The molecule has 1 aromatic carbocycles. The SMILES string of the molecule is Cc1nnc(C2CN(S(=O)(=O)c3cc(Cl)cc4c3OCC4)CCO2)o1. The first-order valence-corrected chi connectivity index (χ1v) is 9.64. The first-order chi connectivity index (χ1) is 11.9. The monoisotopic (exact) mass is 385 g/mol. The maximum absolute atomic E-state index is 13.1. The third-order valence-electron chi connectivity index (χ3n) is 4.18. The van der Waals surface area contributed by atoms with Gasteiger partial charge in [-0.3, -0.25) is 0 Å². The van der Waals surface area contributed by atoms with Crippen molar-refractivity contribution in [3.8, 4) is 5.75 Å². The van der Waals surface area contributed by atoms with Gasteiger partial charge in [0.2, 0.25) is 21.8 Å². The van der Waals surface area contributed by atoms with Crippen molar-refractivity contribution in [2.45, 2.75) is 24.3 Å². The molecule has 1 unspecified atom stereocenters. The van der Waals surface area contributed by atoms with Gasteiger partial charge in [0.15, 0.2) is 0 Å². The van der Waals surface area contributed by atoms with Crippen LogP contribution in [0.5, 0.6) is 5.75 Å². The Labute approximate surface area is 149 Å². The number of aryl methyl sites for hydroxylation is 1. The van der Waals surface area contributed by atoms with Crippen LogP contribution in [0.3, 0.4) is 0 Å². The zero-order chi connectivity index (χ0) is 17.6. The molecule has 3 heterocycles. The summed E-state index contributed by atoms with van der Waals surface area (Å²) >= 11 is 6.10. The third-order valence-corrected chi connectivity index (χ3v) is 6.27. The first kappa shape index (κ1) is 16.8. The smallest absolute Gasteiger partial charge is 0.247 e. The lowest BCUT2D eigenvalue weighted by atomic mass is 10.2. The molecule has 0 aliphatic carbocycles. The minimum atomic E-state index is -3.79. The molecule has 1 aromatic heterocycles. The molecule has 2 aromatic rings. The number of halogens is 1. The second-order valence-corrected chi connectivity index (χ2v) is 8.22. The predicted molar refractivity (Wildman–Crippen MR) is 87.1 cm³/mol. The number of ether oxygens (including phenoxy) is 2. The molecule has 2 aliphatic heterocycles. The Hall–Kier alpha value is -1.68. The van der Waals surface area contributed by atoms with E-state index in [1.807, 2.05) is 0 Å². The number of benzene rings is 1. The Kier molecular flexibility index (Phi) is 4.19. The molecule has 25 heavy (non-hydrogen) atoms. The number of fused-ring (bicyclic) bond motifs is 1. The van der Waals surface area contributed by atoms with Gasteiger partial charge in [-0.1, -0.05) is 11.6 Å². The molecular formula is C15H16ClN3O5S. The third kappa shape index (κ3) is 3.01. The summed E-state index contributed by atoms with van der Waals surface area (Å²) in [5, 5.41) is 8.06. The van der Waals surface area contributed by atoms with Gasteiger partial charge in [-0.15, -0.1) is 10.2 Å². The largest absolute Gasteiger partial charge is 0.492 e. The molecule has 4 rings (SSSR count). The molecular weight excluding hydrogens is 370 g/mol. The number of morpholine rings is 1. The van der Waals surface area contributed by atoms with Gasteiger partial charge in [0, 0.05) is 37.0 Å². The highest BCUT2D eigenvalue weighted by Crippen LogP contribution is 2.38. The van der Waals surface area contributed by atoms with Crippen LogP contribution in [0, 0.1) is 6.92 Å². The summed E-state index contributed by atoms with van der Waals surface area (Å²) in [6.45, 7) is 2.67. The lowest BCUT2D eigenvalue weighted by Crippen LogP contribution is -2.42. The quantitative estimate of drug-likeness (QED) is 0.793. The molecule has 0 bridgehead atoms. The molecule has 0 spiro atoms. The Morgan fingerprint density at radius 2 is 2.12 bits per heavy atom. The van der Waals surface area contributed by atoms with E-state index in [4.69, 9.17) is 25.5 Å². The van der Waals surface area contributed by atoms with E-state index in [0.29, 0.717) is 29.7 Å². The highest BCUT2D eigenvalue weighted by atomic mass is 35.5. The van der Waals surface area contributed by atoms with E-state index in [9.17, 15) is 8.42 Å². The topological polar surface area (TPSA) is 94.8 Å². The van der Waals surface area contributed by atoms with Gasteiger partial charge in [-0.2, -0.15) is 4.31 Å². The van der Waals surface area contributed by atoms with Gasteiger partial charge >= 0.3 is 0 Å². The predicted octanol–water partition coefficient (Wildman–Crippen LogP) is 1.73. The zero-order valence-corrected chi connectivity index (χ0v) is 15.0. The van der Waals surface area contributed by atoms with Crippen LogP contribution in [0.4, 0.5) is 0 Å². The summed E-state index contributed by atoms with van der Waals surface area (Å²) < 4.78 is 44.1. The molecule has 2 aliphatic rings.